The van der Waals surface area contributed by atoms with Crippen molar-refractivity contribution in [2.24, 2.45) is 0 Å². The summed E-state index contributed by atoms with van der Waals surface area (Å²) in [6, 6.07) is 9.48. The van der Waals surface area contributed by atoms with Crippen LogP contribution >= 0.6 is 24.0 Å². The number of rotatable bonds is 4. The molecule has 0 unspecified atom stereocenters. The van der Waals surface area contributed by atoms with Gasteiger partial charge >= 0.3 is 0 Å². The van der Waals surface area contributed by atoms with E-state index in [-0.39, 0.29) is 29.8 Å². The van der Waals surface area contributed by atoms with Crippen LogP contribution in [0.4, 0.5) is 0 Å². The van der Waals surface area contributed by atoms with Crippen molar-refractivity contribution >= 4 is 29.8 Å². The zero-order valence-electron chi connectivity index (χ0n) is 9.56. The summed E-state index contributed by atoms with van der Waals surface area (Å²) in [4.78, 5) is 11.7. The fourth-order valence-electron chi connectivity index (χ4n) is 1.21. The first-order chi connectivity index (χ1) is 6.49. The van der Waals surface area contributed by atoms with Crippen molar-refractivity contribution < 1.29 is 9.28 Å². The molecule has 3 heteroatoms. The molecule has 1 aromatic carbocycles. The van der Waals surface area contributed by atoms with Gasteiger partial charge in [0.1, 0.15) is 0 Å². The second kappa shape index (κ2) is 6.23. The normalized spacial score (nSPS) is 10.6. The van der Waals surface area contributed by atoms with Crippen LogP contribution in [-0.2, 0) is 0 Å². The standard InChI is InChI=1S/C12H18NO.HI/c1-13(2,3)10-9-12(14)11-7-5-4-6-8-11;/h4-8H,9-10H2,1-3H3;1H/q+1;. The summed E-state index contributed by atoms with van der Waals surface area (Å²) < 4.78 is 0.832. The van der Waals surface area contributed by atoms with Gasteiger partial charge in [-0.15, -0.1) is 24.0 Å². The molecule has 2 nitrogen and oxygen atoms in total. The van der Waals surface area contributed by atoms with Gasteiger partial charge in [0, 0.05) is 5.56 Å². The Labute approximate surface area is 109 Å². The molecule has 0 aromatic heterocycles. The lowest BCUT2D eigenvalue weighted by Gasteiger charge is -2.23. The Morgan fingerprint density at radius 3 is 2.13 bits per heavy atom. The van der Waals surface area contributed by atoms with Crippen LogP contribution in [0.5, 0.6) is 0 Å². The summed E-state index contributed by atoms with van der Waals surface area (Å²) in [6.45, 7) is 0.883. The maximum absolute atomic E-state index is 11.7. The minimum atomic E-state index is 0. The van der Waals surface area contributed by atoms with Crippen molar-refractivity contribution in [3.8, 4) is 0 Å². The maximum atomic E-state index is 11.7. The average molecular weight is 320 g/mol. The zero-order valence-corrected chi connectivity index (χ0v) is 11.9. The maximum Gasteiger partial charge on any atom is 0.168 e. The molecule has 0 radical (unpaired) electrons. The Bertz CT molecular complexity index is 303. The summed E-state index contributed by atoms with van der Waals surface area (Å²) >= 11 is 0. The Hall–Kier alpha value is -0.420. The number of carbonyl (C=O) groups excluding carboxylic acids is 1. The highest BCUT2D eigenvalue weighted by atomic mass is 127. The first-order valence-electron chi connectivity index (χ1n) is 4.88. The van der Waals surface area contributed by atoms with Crippen molar-refractivity contribution in [2.75, 3.05) is 27.7 Å². The van der Waals surface area contributed by atoms with Gasteiger partial charge in [0.25, 0.3) is 0 Å². The van der Waals surface area contributed by atoms with E-state index in [0.29, 0.717) is 6.42 Å². The molecule has 0 heterocycles. The van der Waals surface area contributed by atoms with Gasteiger partial charge in [-0.3, -0.25) is 4.79 Å². The average Bonchev–Trinajstić information content (AvgIpc) is 2.14. The Balaban J connectivity index is 0.00000196. The molecular formula is C12H19INO+. The number of ketones is 1. The zero-order chi connectivity index (χ0) is 10.6. The molecule has 1 aromatic rings. The SMILES string of the molecule is C[N+](C)(C)CCC(=O)c1ccccc1.I. The molecule has 0 aliphatic carbocycles. The monoisotopic (exact) mass is 320 g/mol. The van der Waals surface area contributed by atoms with E-state index in [9.17, 15) is 4.79 Å². The van der Waals surface area contributed by atoms with Crippen LogP contribution in [-0.4, -0.2) is 38.0 Å². The lowest BCUT2D eigenvalue weighted by Crippen LogP contribution is -2.36. The van der Waals surface area contributed by atoms with Crippen LogP contribution in [0.15, 0.2) is 30.3 Å². The quantitative estimate of drug-likeness (QED) is 0.473. The predicted molar refractivity (Wildman–Crippen MR) is 73.7 cm³/mol. The lowest BCUT2D eigenvalue weighted by molar-refractivity contribution is -0.869. The smallest absolute Gasteiger partial charge is 0.168 e. The van der Waals surface area contributed by atoms with Crippen LogP contribution in [0.3, 0.4) is 0 Å². The number of Topliss-reactive ketones (excluding diaryl/α,β-unsaturated/α-hetero) is 1. The number of benzene rings is 1. The molecule has 0 aliphatic rings. The Morgan fingerprint density at radius 2 is 1.67 bits per heavy atom. The van der Waals surface area contributed by atoms with Crippen LogP contribution in [0.25, 0.3) is 0 Å². The molecule has 84 valence electrons. The van der Waals surface area contributed by atoms with Gasteiger partial charge < -0.3 is 4.48 Å². The summed E-state index contributed by atoms with van der Waals surface area (Å²) in [5.74, 6) is 0.235. The van der Waals surface area contributed by atoms with Gasteiger partial charge in [-0.25, -0.2) is 0 Å². The minimum Gasteiger partial charge on any atom is -0.331 e. The molecule has 0 N–H and O–H groups in total. The summed E-state index contributed by atoms with van der Waals surface area (Å²) in [7, 11) is 6.29. The molecule has 0 saturated carbocycles. The molecule has 0 saturated heterocycles. The van der Waals surface area contributed by atoms with E-state index >= 15 is 0 Å². The van der Waals surface area contributed by atoms with Crippen LogP contribution in [0.1, 0.15) is 16.8 Å². The number of hydrogen-bond acceptors (Lipinski definition) is 1. The number of quaternary nitrogens is 1. The molecular weight excluding hydrogens is 301 g/mol. The second-order valence-electron chi connectivity index (χ2n) is 4.55. The highest BCUT2D eigenvalue weighted by Crippen LogP contribution is 2.04. The molecule has 15 heavy (non-hydrogen) atoms. The van der Waals surface area contributed by atoms with Crippen molar-refractivity contribution in [1.29, 1.82) is 0 Å². The largest absolute Gasteiger partial charge is 0.331 e. The van der Waals surface area contributed by atoms with E-state index in [1.807, 2.05) is 30.3 Å². The Kier molecular flexibility index (Phi) is 6.05. The van der Waals surface area contributed by atoms with E-state index in [1.165, 1.54) is 0 Å². The van der Waals surface area contributed by atoms with Crippen molar-refractivity contribution in [2.45, 2.75) is 6.42 Å². The summed E-state index contributed by atoms with van der Waals surface area (Å²) in [5.41, 5.74) is 0.820. The topological polar surface area (TPSA) is 17.1 Å². The van der Waals surface area contributed by atoms with Gasteiger partial charge in [-0.2, -0.15) is 0 Å². The van der Waals surface area contributed by atoms with Gasteiger partial charge in [0.15, 0.2) is 5.78 Å². The third-order valence-electron chi connectivity index (χ3n) is 2.11. The van der Waals surface area contributed by atoms with Gasteiger partial charge in [-0.05, 0) is 0 Å². The Morgan fingerprint density at radius 1 is 1.13 bits per heavy atom. The molecule has 0 bridgehead atoms. The minimum absolute atomic E-state index is 0. The van der Waals surface area contributed by atoms with Gasteiger partial charge in [-0.1, -0.05) is 30.3 Å². The van der Waals surface area contributed by atoms with E-state index in [4.69, 9.17) is 0 Å². The van der Waals surface area contributed by atoms with E-state index in [2.05, 4.69) is 21.1 Å². The van der Waals surface area contributed by atoms with Crippen LogP contribution in [0.2, 0.25) is 0 Å². The highest BCUT2D eigenvalue weighted by molar-refractivity contribution is 14.0. The van der Waals surface area contributed by atoms with Gasteiger partial charge in [0.05, 0.1) is 34.1 Å². The second-order valence-corrected chi connectivity index (χ2v) is 4.55. The third-order valence-corrected chi connectivity index (χ3v) is 2.11. The molecule has 0 atom stereocenters. The highest BCUT2D eigenvalue weighted by Gasteiger charge is 2.11. The molecule has 0 aliphatic heterocycles. The first kappa shape index (κ1) is 14.6. The lowest BCUT2D eigenvalue weighted by atomic mass is 10.1. The first-order valence-corrected chi connectivity index (χ1v) is 4.88. The number of hydrogen-bond donors (Lipinski definition) is 0. The molecule has 0 amide bonds. The van der Waals surface area contributed by atoms with Crippen LogP contribution in [0, 0.1) is 0 Å². The molecule has 0 fully saturated rings. The molecule has 0 spiro atoms. The van der Waals surface area contributed by atoms with Crippen molar-refractivity contribution in [3.63, 3.8) is 0 Å². The van der Waals surface area contributed by atoms with Crippen molar-refractivity contribution in [1.82, 2.24) is 0 Å². The van der Waals surface area contributed by atoms with Crippen molar-refractivity contribution in [3.05, 3.63) is 35.9 Å². The number of nitrogens with zero attached hydrogens (tertiary/aromatic N) is 1. The summed E-state index contributed by atoms with van der Waals surface area (Å²) in [5, 5.41) is 0. The van der Waals surface area contributed by atoms with E-state index in [0.717, 1.165) is 16.6 Å². The third kappa shape index (κ3) is 5.89. The van der Waals surface area contributed by atoms with Crippen LogP contribution < -0.4 is 0 Å². The van der Waals surface area contributed by atoms with E-state index in [1.54, 1.807) is 0 Å². The molecule has 1 rings (SSSR count). The van der Waals surface area contributed by atoms with E-state index < -0.39 is 0 Å². The number of carbonyl (C=O) groups is 1. The summed E-state index contributed by atoms with van der Waals surface area (Å²) in [6.07, 6.45) is 0.619. The fourth-order valence-corrected chi connectivity index (χ4v) is 1.21. The van der Waals surface area contributed by atoms with Gasteiger partial charge in [0.2, 0.25) is 0 Å². The fraction of sp³-hybridized carbons (Fsp3) is 0.417. The predicted octanol–water partition coefficient (Wildman–Crippen LogP) is 2.58. The number of halogens is 1.